The Bertz CT molecular complexity index is 895. The number of phenolic OH excluding ortho intramolecular Hbond substituents is 1. The number of carbonyl (C=O) groups excluding carboxylic acids is 1. The number of anilines is 3. The van der Waals surface area contributed by atoms with Gasteiger partial charge in [-0.3, -0.25) is 4.79 Å². The summed E-state index contributed by atoms with van der Waals surface area (Å²) in [7, 11) is 0. The lowest BCUT2D eigenvalue weighted by molar-refractivity contribution is -0.114. The maximum absolute atomic E-state index is 11.1. The summed E-state index contributed by atoms with van der Waals surface area (Å²) in [6, 6.07) is 12.2. The number of carbonyl (C=O) groups is 1. The second-order valence-corrected chi connectivity index (χ2v) is 6.38. The molecule has 0 radical (unpaired) electrons. The molecule has 0 unspecified atom stereocenters. The van der Waals surface area contributed by atoms with Gasteiger partial charge < -0.3 is 15.7 Å². The lowest BCUT2D eigenvalue weighted by Crippen LogP contribution is -2.05. The first kappa shape index (κ1) is 16.3. The number of benzene rings is 2. The van der Waals surface area contributed by atoms with E-state index in [0.717, 1.165) is 5.69 Å². The minimum absolute atomic E-state index is 0.125. The van der Waals surface area contributed by atoms with Gasteiger partial charge in [0.05, 0.1) is 5.69 Å². The summed E-state index contributed by atoms with van der Waals surface area (Å²) < 4.78 is 0. The normalized spacial score (nSPS) is 10.4. The maximum atomic E-state index is 11.1. The van der Waals surface area contributed by atoms with Crippen LogP contribution < -0.4 is 10.6 Å². The monoisotopic (exact) mass is 359 g/mol. The molecule has 3 N–H and O–H groups in total. The number of thiazole rings is 1. The largest absolute Gasteiger partial charge is 0.507 e. The third-order valence-electron chi connectivity index (χ3n) is 3.17. The second-order valence-electron chi connectivity index (χ2n) is 5.09. The summed E-state index contributed by atoms with van der Waals surface area (Å²) in [5.41, 5.74) is 2.73. The maximum Gasteiger partial charge on any atom is 0.221 e. The Morgan fingerprint density at radius 1 is 1.21 bits per heavy atom. The number of hydrogen-bond donors (Lipinski definition) is 3. The smallest absolute Gasteiger partial charge is 0.221 e. The first-order valence-electron chi connectivity index (χ1n) is 7.10. The van der Waals surface area contributed by atoms with E-state index in [1.54, 1.807) is 18.2 Å². The third kappa shape index (κ3) is 3.84. The van der Waals surface area contributed by atoms with Gasteiger partial charge in [0.15, 0.2) is 5.13 Å². The summed E-state index contributed by atoms with van der Waals surface area (Å²) >= 11 is 7.39. The Morgan fingerprint density at radius 3 is 2.79 bits per heavy atom. The van der Waals surface area contributed by atoms with E-state index in [2.05, 4.69) is 15.6 Å². The van der Waals surface area contributed by atoms with E-state index < -0.39 is 0 Å². The number of halogens is 1. The highest BCUT2D eigenvalue weighted by atomic mass is 35.5. The molecule has 0 spiro atoms. The van der Waals surface area contributed by atoms with Crippen LogP contribution in [0.3, 0.4) is 0 Å². The Balaban J connectivity index is 1.81. The zero-order valence-electron chi connectivity index (χ0n) is 12.7. The molecule has 0 bridgehead atoms. The highest BCUT2D eigenvalue weighted by Crippen LogP contribution is 2.34. The molecular weight excluding hydrogens is 346 g/mol. The predicted molar refractivity (Wildman–Crippen MR) is 98.3 cm³/mol. The van der Waals surface area contributed by atoms with Crippen molar-refractivity contribution in [2.45, 2.75) is 6.92 Å². The minimum atomic E-state index is -0.125. The summed E-state index contributed by atoms with van der Waals surface area (Å²) in [5, 5.41) is 18.9. The Labute approximate surface area is 147 Å². The zero-order chi connectivity index (χ0) is 17.1. The lowest BCUT2D eigenvalue weighted by Gasteiger charge is -2.06. The standard InChI is InChI=1S/C17H14ClN3O2S/c1-10(22)19-12-3-2-4-13(8-12)20-17-21-15(9-24-17)14-7-11(18)5-6-16(14)23/h2-9,23H,1H3,(H,19,22)(H,20,21). The number of amides is 1. The van der Waals surface area contributed by atoms with Crippen LogP contribution in [-0.2, 0) is 4.79 Å². The second kappa shape index (κ2) is 6.90. The molecule has 0 fully saturated rings. The quantitative estimate of drug-likeness (QED) is 0.621. The molecule has 0 saturated carbocycles. The molecular formula is C17H14ClN3O2S. The van der Waals surface area contributed by atoms with Gasteiger partial charge in [-0.05, 0) is 36.4 Å². The van der Waals surface area contributed by atoms with Crippen LogP contribution in [0.5, 0.6) is 5.75 Å². The van der Waals surface area contributed by atoms with Gasteiger partial charge in [0.1, 0.15) is 5.75 Å². The van der Waals surface area contributed by atoms with Crippen LogP contribution in [0.4, 0.5) is 16.5 Å². The van der Waals surface area contributed by atoms with Crippen LogP contribution >= 0.6 is 22.9 Å². The fraction of sp³-hybridized carbons (Fsp3) is 0.0588. The highest BCUT2D eigenvalue weighted by Gasteiger charge is 2.10. The Hall–Kier alpha value is -2.57. The minimum Gasteiger partial charge on any atom is -0.507 e. The van der Waals surface area contributed by atoms with Crippen LogP contribution in [0.1, 0.15) is 6.92 Å². The molecule has 1 amide bonds. The van der Waals surface area contributed by atoms with Crippen LogP contribution in [-0.4, -0.2) is 16.0 Å². The van der Waals surface area contributed by atoms with E-state index in [0.29, 0.717) is 27.1 Å². The van der Waals surface area contributed by atoms with Crippen molar-refractivity contribution in [3.63, 3.8) is 0 Å². The number of aromatic hydroxyl groups is 1. The SMILES string of the molecule is CC(=O)Nc1cccc(Nc2nc(-c3cc(Cl)ccc3O)cs2)c1. The molecule has 24 heavy (non-hydrogen) atoms. The van der Waals surface area contributed by atoms with Gasteiger partial charge in [0.2, 0.25) is 5.91 Å². The summed E-state index contributed by atoms with van der Waals surface area (Å²) in [4.78, 5) is 15.6. The molecule has 0 atom stereocenters. The topological polar surface area (TPSA) is 74.2 Å². The number of aromatic nitrogens is 1. The molecule has 5 nitrogen and oxygen atoms in total. The molecule has 0 saturated heterocycles. The van der Waals surface area contributed by atoms with Crippen LogP contribution in [0.25, 0.3) is 11.3 Å². The van der Waals surface area contributed by atoms with Crippen molar-refractivity contribution >= 4 is 45.4 Å². The van der Waals surface area contributed by atoms with Gasteiger partial charge in [-0.15, -0.1) is 11.3 Å². The molecule has 0 aliphatic rings. The van der Waals surface area contributed by atoms with Gasteiger partial charge in [-0.1, -0.05) is 17.7 Å². The van der Waals surface area contributed by atoms with Crippen molar-refractivity contribution in [3.8, 4) is 17.0 Å². The average Bonchev–Trinajstić information content (AvgIpc) is 2.97. The Morgan fingerprint density at radius 2 is 2.00 bits per heavy atom. The van der Waals surface area contributed by atoms with Crippen molar-refractivity contribution in [1.82, 2.24) is 4.98 Å². The number of rotatable bonds is 4. The predicted octanol–water partition coefficient (Wildman–Crippen LogP) is 4.87. The molecule has 0 aliphatic carbocycles. The summed E-state index contributed by atoms with van der Waals surface area (Å²) in [5.74, 6) is 0.00372. The average molecular weight is 360 g/mol. The molecule has 3 aromatic rings. The van der Waals surface area contributed by atoms with Crippen LogP contribution in [0.2, 0.25) is 5.02 Å². The van der Waals surface area contributed by atoms with E-state index in [1.165, 1.54) is 18.3 Å². The molecule has 2 aromatic carbocycles. The van der Waals surface area contributed by atoms with Crippen molar-refractivity contribution in [1.29, 1.82) is 0 Å². The molecule has 7 heteroatoms. The van der Waals surface area contributed by atoms with Crippen LogP contribution in [0, 0.1) is 0 Å². The van der Waals surface area contributed by atoms with E-state index >= 15 is 0 Å². The van der Waals surface area contributed by atoms with Crippen molar-refractivity contribution in [2.75, 3.05) is 10.6 Å². The van der Waals surface area contributed by atoms with E-state index in [-0.39, 0.29) is 11.7 Å². The summed E-state index contributed by atoms with van der Waals surface area (Å²) in [6.45, 7) is 1.46. The molecule has 122 valence electrons. The van der Waals surface area contributed by atoms with Crippen molar-refractivity contribution < 1.29 is 9.90 Å². The van der Waals surface area contributed by atoms with Gasteiger partial charge in [-0.25, -0.2) is 4.98 Å². The summed E-state index contributed by atoms with van der Waals surface area (Å²) in [6.07, 6.45) is 0. The van der Waals surface area contributed by atoms with Gasteiger partial charge in [0, 0.05) is 34.3 Å². The molecule has 1 aromatic heterocycles. The number of phenols is 1. The van der Waals surface area contributed by atoms with Gasteiger partial charge in [0.25, 0.3) is 0 Å². The molecule has 3 rings (SSSR count). The number of nitrogens with one attached hydrogen (secondary N) is 2. The molecule has 0 aliphatic heterocycles. The number of nitrogens with zero attached hydrogens (tertiary/aromatic N) is 1. The Kier molecular flexibility index (Phi) is 4.69. The van der Waals surface area contributed by atoms with E-state index in [1.807, 2.05) is 29.6 Å². The van der Waals surface area contributed by atoms with E-state index in [4.69, 9.17) is 11.6 Å². The zero-order valence-corrected chi connectivity index (χ0v) is 14.3. The molecule has 1 heterocycles. The van der Waals surface area contributed by atoms with Crippen LogP contribution in [0.15, 0.2) is 47.8 Å². The van der Waals surface area contributed by atoms with E-state index in [9.17, 15) is 9.90 Å². The van der Waals surface area contributed by atoms with Crippen molar-refractivity contribution in [3.05, 3.63) is 52.9 Å². The lowest BCUT2D eigenvalue weighted by atomic mass is 10.1. The van der Waals surface area contributed by atoms with Gasteiger partial charge >= 0.3 is 0 Å². The highest BCUT2D eigenvalue weighted by molar-refractivity contribution is 7.14. The fourth-order valence-corrected chi connectivity index (χ4v) is 3.07. The van der Waals surface area contributed by atoms with Crippen molar-refractivity contribution in [2.24, 2.45) is 0 Å². The first-order chi connectivity index (χ1) is 11.5. The third-order valence-corrected chi connectivity index (χ3v) is 4.17. The first-order valence-corrected chi connectivity index (χ1v) is 8.36. The van der Waals surface area contributed by atoms with Gasteiger partial charge in [-0.2, -0.15) is 0 Å². The number of hydrogen-bond acceptors (Lipinski definition) is 5. The fourth-order valence-electron chi connectivity index (χ4n) is 2.17.